The van der Waals surface area contributed by atoms with Crippen molar-refractivity contribution in [3.63, 3.8) is 0 Å². The van der Waals surface area contributed by atoms with E-state index in [0.29, 0.717) is 11.4 Å². The number of nitrogens with zero attached hydrogens (tertiary/aromatic N) is 2. The minimum absolute atomic E-state index is 0.0148. The summed E-state index contributed by atoms with van der Waals surface area (Å²) in [5.74, 6) is -0.282. The van der Waals surface area contributed by atoms with E-state index in [-0.39, 0.29) is 53.1 Å². The first-order valence-electron chi connectivity index (χ1n) is 11.6. The van der Waals surface area contributed by atoms with Crippen LogP contribution in [0.15, 0.2) is 39.9 Å². The van der Waals surface area contributed by atoms with Crippen molar-refractivity contribution in [1.29, 1.82) is 0 Å². The molecule has 1 saturated carbocycles. The summed E-state index contributed by atoms with van der Waals surface area (Å²) in [6.07, 6.45) is 1.17. The molecule has 0 unspecified atom stereocenters. The van der Waals surface area contributed by atoms with Gasteiger partial charge in [-0.25, -0.2) is 8.42 Å². The number of hydrogen-bond acceptors (Lipinski definition) is 7. The molecule has 1 aromatic carbocycles. The number of ether oxygens (including phenoxy) is 1. The molecule has 2 aliphatic rings. The van der Waals surface area contributed by atoms with Gasteiger partial charge in [0.05, 0.1) is 24.8 Å². The molecule has 35 heavy (non-hydrogen) atoms. The van der Waals surface area contributed by atoms with Crippen LogP contribution in [0.3, 0.4) is 0 Å². The van der Waals surface area contributed by atoms with Crippen LogP contribution in [0, 0.1) is 11.8 Å². The first kappa shape index (κ1) is 25.6. The predicted octanol–water partition coefficient (Wildman–Crippen LogP) is 2.64. The summed E-state index contributed by atoms with van der Waals surface area (Å²) in [5.41, 5.74) is 0.760. The molecule has 2 aromatic rings. The van der Waals surface area contributed by atoms with Gasteiger partial charge >= 0.3 is 0 Å². The van der Waals surface area contributed by atoms with E-state index in [1.807, 2.05) is 6.92 Å². The number of sulfonamides is 1. The Morgan fingerprint density at radius 3 is 2.71 bits per heavy atom. The number of aliphatic hydroxyl groups excluding tert-OH is 1. The van der Waals surface area contributed by atoms with Crippen LogP contribution in [0.5, 0.6) is 5.75 Å². The molecule has 0 bridgehead atoms. The van der Waals surface area contributed by atoms with Crippen molar-refractivity contribution in [3.8, 4) is 5.75 Å². The summed E-state index contributed by atoms with van der Waals surface area (Å²) in [4.78, 5) is 27.3. The third-order valence-corrected chi connectivity index (χ3v) is 9.67. The Labute approximate surface area is 209 Å². The lowest BCUT2D eigenvalue weighted by atomic mass is 9.99. The van der Waals surface area contributed by atoms with Crippen LogP contribution in [0.2, 0.25) is 0 Å². The molecule has 11 heteroatoms. The number of anilines is 1. The molecule has 0 radical (unpaired) electrons. The Morgan fingerprint density at radius 1 is 1.34 bits per heavy atom. The lowest BCUT2D eigenvalue weighted by molar-refractivity contribution is -0.117. The third-order valence-electron chi connectivity index (χ3n) is 6.48. The molecule has 3 atom stereocenters. The van der Waals surface area contributed by atoms with Gasteiger partial charge in [0.15, 0.2) is 0 Å². The number of benzene rings is 1. The zero-order chi connectivity index (χ0) is 25.3. The molecule has 9 nitrogen and oxygen atoms in total. The molecular formula is C24H31N3O6S2. The van der Waals surface area contributed by atoms with Crippen molar-refractivity contribution < 1.29 is 27.9 Å². The normalized spacial score (nSPS) is 21.6. The van der Waals surface area contributed by atoms with Gasteiger partial charge in [-0.3, -0.25) is 9.59 Å². The fraction of sp³-hybridized carbons (Fsp3) is 0.500. The first-order valence-corrected chi connectivity index (χ1v) is 14.0. The van der Waals surface area contributed by atoms with Gasteiger partial charge in [0.1, 0.15) is 16.1 Å². The number of aliphatic hydroxyl groups is 1. The highest BCUT2D eigenvalue weighted by molar-refractivity contribution is 7.91. The molecule has 2 N–H and O–H groups in total. The summed E-state index contributed by atoms with van der Waals surface area (Å²) in [5, 5.41) is 14.4. The SMILES string of the molecule is C[C@@H]1CN([C@H](C)CO)C(=O)c2cc(NC(=O)C3CC3)ccc2O[C@H]1CN(C)S(=O)(=O)c1cccs1. The average molecular weight is 522 g/mol. The maximum Gasteiger partial charge on any atom is 0.258 e. The Morgan fingerprint density at radius 2 is 2.09 bits per heavy atom. The molecule has 1 fully saturated rings. The monoisotopic (exact) mass is 521 g/mol. The van der Waals surface area contributed by atoms with Gasteiger partial charge in [-0.15, -0.1) is 11.3 Å². The summed E-state index contributed by atoms with van der Waals surface area (Å²) >= 11 is 1.15. The van der Waals surface area contributed by atoms with E-state index in [0.717, 1.165) is 24.2 Å². The number of thiophene rings is 1. The van der Waals surface area contributed by atoms with Crippen molar-refractivity contribution in [2.24, 2.45) is 11.8 Å². The topological polar surface area (TPSA) is 116 Å². The number of carbonyl (C=O) groups excluding carboxylic acids is 2. The van der Waals surface area contributed by atoms with Crippen molar-refractivity contribution in [2.45, 2.75) is 43.0 Å². The van der Waals surface area contributed by atoms with Crippen molar-refractivity contribution in [1.82, 2.24) is 9.21 Å². The summed E-state index contributed by atoms with van der Waals surface area (Å²) in [6, 6.07) is 7.71. The van der Waals surface area contributed by atoms with E-state index in [2.05, 4.69) is 5.32 Å². The Balaban J connectivity index is 1.65. The van der Waals surface area contributed by atoms with E-state index in [9.17, 15) is 23.1 Å². The van der Waals surface area contributed by atoms with Crippen molar-refractivity contribution in [3.05, 3.63) is 41.3 Å². The lowest BCUT2D eigenvalue weighted by Gasteiger charge is -2.38. The molecule has 0 spiro atoms. The highest BCUT2D eigenvalue weighted by atomic mass is 32.2. The molecule has 1 aliphatic heterocycles. The smallest absolute Gasteiger partial charge is 0.258 e. The molecule has 4 rings (SSSR count). The second kappa shape index (κ2) is 10.3. The Bertz CT molecular complexity index is 1180. The summed E-state index contributed by atoms with van der Waals surface area (Å²) < 4.78 is 33.8. The molecule has 2 heterocycles. The van der Waals surface area contributed by atoms with Crippen molar-refractivity contribution >= 4 is 38.9 Å². The van der Waals surface area contributed by atoms with Crippen LogP contribution in [0.1, 0.15) is 37.0 Å². The molecule has 190 valence electrons. The number of nitrogens with one attached hydrogen (secondary N) is 1. The number of likely N-dealkylation sites (N-methyl/N-ethyl adjacent to an activating group) is 1. The summed E-state index contributed by atoms with van der Waals surface area (Å²) in [7, 11) is -2.17. The third kappa shape index (κ3) is 5.53. The van der Waals surface area contributed by atoms with Crippen LogP contribution in [-0.2, 0) is 14.8 Å². The number of amides is 2. The Hall–Kier alpha value is -2.47. The fourth-order valence-corrected chi connectivity index (χ4v) is 6.41. The standard InChI is InChI=1S/C24H31N3O6S2/c1-15-12-27(16(2)14-28)24(30)19-11-18(25-23(29)17-6-7-17)8-9-20(19)33-21(15)13-26(3)35(31,32)22-5-4-10-34-22/h4-5,8-11,15-17,21,28H,6-7,12-14H2,1-3H3,(H,25,29)/t15-,16-,21+/m1/s1. The van der Waals surface area contributed by atoms with E-state index in [1.54, 1.807) is 47.5 Å². The van der Waals surface area contributed by atoms with Gasteiger partial charge < -0.3 is 20.1 Å². The van der Waals surface area contributed by atoms with Crippen LogP contribution in [0.4, 0.5) is 5.69 Å². The zero-order valence-corrected chi connectivity index (χ0v) is 21.6. The average Bonchev–Trinajstić information content (AvgIpc) is 3.54. The molecule has 0 saturated heterocycles. The van der Waals surface area contributed by atoms with Gasteiger partial charge in [0.2, 0.25) is 5.91 Å². The molecule has 2 amide bonds. The number of rotatable bonds is 8. The highest BCUT2D eigenvalue weighted by Crippen LogP contribution is 2.33. The quantitative estimate of drug-likeness (QED) is 0.552. The van der Waals surface area contributed by atoms with Crippen LogP contribution in [0.25, 0.3) is 0 Å². The Kier molecular flexibility index (Phi) is 7.51. The lowest BCUT2D eigenvalue weighted by Crippen LogP contribution is -2.50. The van der Waals surface area contributed by atoms with Gasteiger partial charge in [0.25, 0.3) is 15.9 Å². The van der Waals surface area contributed by atoms with Gasteiger partial charge in [-0.2, -0.15) is 4.31 Å². The van der Waals surface area contributed by atoms with E-state index < -0.39 is 22.2 Å². The maximum absolute atomic E-state index is 13.5. The maximum atomic E-state index is 13.5. The van der Waals surface area contributed by atoms with Crippen LogP contribution >= 0.6 is 11.3 Å². The number of carbonyl (C=O) groups is 2. The second-order valence-corrected chi connectivity index (χ2v) is 12.5. The number of hydrogen-bond donors (Lipinski definition) is 2. The van der Waals surface area contributed by atoms with Crippen LogP contribution in [-0.4, -0.2) is 73.4 Å². The van der Waals surface area contributed by atoms with E-state index in [4.69, 9.17) is 4.74 Å². The first-order chi connectivity index (χ1) is 16.6. The van der Waals surface area contributed by atoms with Gasteiger partial charge in [0, 0.05) is 31.1 Å². The minimum atomic E-state index is -3.68. The molecule has 1 aromatic heterocycles. The summed E-state index contributed by atoms with van der Waals surface area (Å²) in [6.45, 7) is 3.79. The minimum Gasteiger partial charge on any atom is -0.488 e. The van der Waals surface area contributed by atoms with Crippen molar-refractivity contribution in [2.75, 3.05) is 32.1 Å². The highest BCUT2D eigenvalue weighted by Gasteiger charge is 2.36. The fourth-order valence-electron chi connectivity index (χ4n) is 4.02. The predicted molar refractivity (Wildman–Crippen MR) is 133 cm³/mol. The van der Waals surface area contributed by atoms with Gasteiger partial charge in [-0.1, -0.05) is 13.0 Å². The van der Waals surface area contributed by atoms with Gasteiger partial charge in [-0.05, 0) is 49.4 Å². The zero-order valence-electron chi connectivity index (χ0n) is 20.0. The largest absolute Gasteiger partial charge is 0.488 e. The van der Waals surface area contributed by atoms with E-state index in [1.165, 1.54) is 11.4 Å². The molecular weight excluding hydrogens is 490 g/mol. The molecule has 1 aliphatic carbocycles. The number of fused-ring (bicyclic) bond motifs is 1. The second-order valence-electron chi connectivity index (χ2n) is 9.31. The van der Waals surface area contributed by atoms with Crippen LogP contribution < -0.4 is 10.1 Å². The van der Waals surface area contributed by atoms with E-state index >= 15 is 0 Å².